The molecule has 0 bridgehead atoms. The van der Waals surface area contributed by atoms with E-state index in [1.807, 2.05) is 5.32 Å². The van der Waals surface area contributed by atoms with Gasteiger partial charge in [0.2, 0.25) is 29.5 Å². The van der Waals surface area contributed by atoms with Gasteiger partial charge in [0.05, 0.1) is 25.2 Å². The number of amides is 5. The molecule has 17 nitrogen and oxygen atoms in total. The number of imidazole rings is 1. The normalized spacial score (nSPS) is 13.9. The van der Waals surface area contributed by atoms with E-state index in [9.17, 15) is 38.7 Å². The van der Waals surface area contributed by atoms with Crippen molar-refractivity contribution in [1.29, 1.82) is 0 Å². The van der Waals surface area contributed by atoms with Gasteiger partial charge >= 0.3 is 11.9 Å². The van der Waals surface area contributed by atoms with Crippen molar-refractivity contribution in [3.05, 3.63) is 18.2 Å². The summed E-state index contributed by atoms with van der Waals surface area (Å²) in [6.45, 7) is 0. The van der Waals surface area contributed by atoms with Crippen molar-refractivity contribution in [3.8, 4) is 0 Å². The first-order valence-corrected chi connectivity index (χ1v) is 10.4. The number of aliphatic carboxylic acids is 2. The minimum Gasteiger partial charge on any atom is -0.481 e. The number of carboxylic acid groups (broad SMARTS) is 2. The summed E-state index contributed by atoms with van der Waals surface area (Å²) < 4.78 is 0. The van der Waals surface area contributed by atoms with E-state index in [0.29, 0.717) is 5.69 Å². The van der Waals surface area contributed by atoms with Gasteiger partial charge in [-0.05, 0) is 6.42 Å². The molecule has 0 aliphatic carbocycles. The molecule has 4 atom stereocenters. The Kier molecular flexibility index (Phi) is 11.5. The third-order valence-electron chi connectivity index (χ3n) is 4.67. The van der Waals surface area contributed by atoms with Crippen LogP contribution in [0.25, 0.3) is 0 Å². The molecule has 12 N–H and O–H groups in total. The number of hydrogen-bond donors (Lipinski definition) is 9. The first-order chi connectivity index (χ1) is 16.8. The van der Waals surface area contributed by atoms with Crippen LogP contribution in [0, 0.1) is 0 Å². The highest BCUT2D eigenvalue weighted by Gasteiger charge is 2.31. The quantitative estimate of drug-likeness (QED) is 0.101. The Morgan fingerprint density at radius 1 is 0.861 bits per heavy atom. The van der Waals surface area contributed by atoms with Gasteiger partial charge in [-0.15, -0.1) is 0 Å². The maximum atomic E-state index is 13.0. The molecular formula is C19H28N8O9. The minimum atomic E-state index is -1.73. The van der Waals surface area contributed by atoms with E-state index >= 15 is 0 Å². The predicted molar refractivity (Wildman–Crippen MR) is 118 cm³/mol. The molecule has 198 valence electrons. The molecule has 0 aliphatic rings. The highest BCUT2D eigenvalue weighted by molar-refractivity contribution is 5.95. The van der Waals surface area contributed by atoms with Gasteiger partial charge in [0.25, 0.3) is 0 Å². The van der Waals surface area contributed by atoms with Gasteiger partial charge in [-0.1, -0.05) is 0 Å². The average Bonchev–Trinajstić information content (AvgIpc) is 3.27. The van der Waals surface area contributed by atoms with E-state index in [2.05, 4.69) is 20.6 Å². The first kappa shape index (κ1) is 29.5. The number of hydrogen-bond acceptors (Lipinski definition) is 9. The van der Waals surface area contributed by atoms with E-state index in [-0.39, 0.29) is 6.42 Å². The lowest BCUT2D eigenvalue weighted by atomic mass is 10.1. The Balaban J connectivity index is 3.10. The number of nitrogens with two attached hydrogens (primary N) is 3. The molecule has 1 aromatic heterocycles. The molecule has 36 heavy (non-hydrogen) atoms. The molecule has 0 radical (unpaired) electrons. The Morgan fingerprint density at radius 3 is 1.92 bits per heavy atom. The monoisotopic (exact) mass is 512 g/mol. The average molecular weight is 512 g/mol. The van der Waals surface area contributed by atoms with Crippen molar-refractivity contribution in [3.63, 3.8) is 0 Å². The molecule has 0 spiro atoms. The number of nitrogens with zero attached hydrogens (tertiary/aromatic N) is 1. The largest absolute Gasteiger partial charge is 0.481 e. The summed E-state index contributed by atoms with van der Waals surface area (Å²) in [4.78, 5) is 89.0. The van der Waals surface area contributed by atoms with Crippen molar-refractivity contribution in [2.24, 2.45) is 17.2 Å². The van der Waals surface area contributed by atoms with Crippen molar-refractivity contribution < 1.29 is 43.8 Å². The number of carbonyl (C=O) groups is 7. The van der Waals surface area contributed by atoms with Crippen molar-refractivity contribution >= 4 is 41.5 Å². The molecule has 17 heteroatoms. The Labute approximate surface area is 203 Å². The maximum Gasteiger partial charge on any atom is 0.326 e. The van der Waals surface area contributed by atoms with Crippen LogP contribution in [-0.2, 0) is 40.0 Å². The van der Waals surface area contributed by atoms with E-state index in [1.54, 1.807) is 0 Å². The van der Waals surface area contributed by atoms with Crippen molar-refractivity contribution in [2.75, 3.05) is 0 Å². The Morgan fingerprint density at radius 2 is 1.42 bits per heavy atom. The summed E-state index contributed by atoms with van der Waals surface area (Å²) in [6, 6.07) is -6.05. The molecule has 0 saturated heterocycles. The van der Waals surface area contributed by atoms with E-state index in [4.69, 9.17) is 22.3 Å². The van der Waals surface area contributed by atoms with Gasteiger partial charge in [-0.3, -0.25) is 28.8 Å². The van der Waals surface area contributed by atoms with E-state index in [1.165, 1.54) is 12.5 Å². The third kappa shape index (κ3) is 10.6. The predicted octanol–water partition coefficient (Wildman–Crippen LogP) is -4.57. The first-order valence-electron chi connectivity index (χ1n) is 10.4. The second-order valence-electron chi connectivity index (χ2n) is 7.68. The van der Waals surface area contributed by atoms with Crippen LogP contribution in [0.2, 0.25) is 0 Å². The zero-order chi connectivity index (χ0) is 27.4. The highest BCUT2D eigenvalue weighted by Crippen LogP contribution is 2.05. The number of rotatable bonds is 16. The molecular weight excluding hydrogens is 484 g/mol. The fraction of sp³-hybridized carbons (Fsp3) is 0.474. The third-order valence-corrected chi connectivity index (χ3v) is 4.67. The van der Waals surface area contributed by atoms with Gasteiger partial charge in [-0.25, -0.2) is 9.78 Å². The number of H-pyrrole nitrogens is 1. The molecule has 1 rings (SSSR count). The lowest BCUT2D eigenvalue weighted by Gasteiger charge is -2.24. The van der Waals surface area contributed by atoms with Gasteiger partial charge in [0.1, 0.15) is 18.1 Å². The molecule has 0 aliphatic heterocycles. The highest BCUT2D eigenvalue weighted by atomic mass is 16.4. The van der Waals surface area contributed by atoms with E-state index < -0.39 is 91.3 Å². The fourth-order valence-electron chi connectivity index (χ4n) is 2.90. The van der Waals surface area contributed by atoms with Crippen LogP contribution in [0.15, 0.2) is 12.5 Å². The molecule has 0 aromatic carbocycles. The summed E-state index contributed by atoms with van der Waals surface area (Å²) >= 11 is 0. The number of nitrogens with one attached hydrogen (secondary N) is 4. The van der Waals surface area contributed by atoms with Gasteiger partial charge in [0.15, 0.2) is 0 Å². The second-order valence-corrected chi connectivity index (χ2v) is 7.68. The fourth-order valence-corrected chi connectivity index (χ4v) is 2.90. The second kappa shape index (κ2) is 14.0. The van der Waals surface area contributed by atoms with Crippen LogP contribution < -0.4 is 33.2 Å². The summed E-state index contributed by atoms with van der Waals surface area (Å²) in [5, 5.41) is 24.8. The number of primary amides is 2. The topological polar surface area (TPSA) is 303 Å². The van der Waals surface area contributed by atoms with Crippen LogP contribution >= 0.6 is 0 Å². The summed E-state index contributed by atoms with van der Waals surface area (Å²) in [5.41, 5.74) is 16.0. The Bertz CT molecular complexity index is 982. The lowest BCUT2D eigenvalue weighted by Crippen LogP contribution is -2.58. The molecule has 5 amide bonds. The van der Waals surface area contributed by atoms with Crippen LogP contribution in [-0.4, -0.2) is 85.8 Å². The van der Waals surface area contributed by atoms with Gasteiger partial charge in [-0.2, -0.15) is 0 Å². The number of aromatic nitrogens is 2. The van der Waals surface area contributed by atoms with Crippen molar-refractivity contribution in [1.82, 2.24) is 25.9 Å². The van der Waals surface area contributed by atoms with Crippen LogP contribution in [0.3, 0.4) is 0 Å². The van der Waals surface area contributed by atoms with Gasteiger partial charge < -0.3 is 48.3 Å². The van der Waals surface area contributed by atoms with Crippen LogP contribution in [0.5, 0.6) is 0 Å². The Hall–Kier alpha value is -4.54. The number of carboxylic acids is 2. The molecule has 0 saturated carbocycles. The van der Waals surface area contributed by atoms with E-state index in [0.717, 1.165) is 0 Å². The smallest absolute Gasteiger partial charge is 0.326 e. The maximum absolute atomic E-state index is 13.0. The van der Waals surface area contributed by atoms with Crippen molar-refractivity contribution in [2.45, 2.75) is 56.3 Å². The zero-order valence-electron chi connectivity index (χ0n) is 18.9. The summed E-state index contributed by atoms with van der Waals surface area (Å²) in [7, 11) is 0. The standard InChI is InChI=1S/C19H28N8O9/c20-9(4-13(21)28)16(32)26-11(3-8-6-23-7-24-8)18(34)25-10(1-2-15(30)31)17(33)27-12(19(35)36)5-14(22)29/h6-7,9-12H,1-5,20H2,(H2,21,28)(H2,22,29)(H,23,24)(H,25,34)(H,26,32)(H,27,33)(H,30,31)(H,35,36). The minimum absolute atomic E-state index is 0.173. The number of aromatic amines is 1. The molecule has 4 unspecified atom stereocenters. The molecule has 1 aromatic rings. The van der Waals surface area contributed by atoms with Crippen LogP contribution in [0.4, 0.5) is 0 Å². The van der Waals surface area contributed by atoms with Crippen LogP contribution in [0.1, 0.15) is 31.4 Å². The summed E-state index contributed by atoms with van der Waals surface area (Å²) in [5.74, 6) is -7.75. The molecule has 1 heterocycles. The SMILES string of the molecule is NC(=O)CC(N)C(=O)NC(Cc1cnc[nH]1)C(=O)NC(CCC(=O)O)C(=O)NC(CC(N)=O)C(=O)O. The lowest BCUT2D eigenvalue weighted by molar-refractivity contribution is -0.144. The zero-order valence-corrected chi connectivity index (χ0v) is 18.9. The van der Waals surface area contributed by atoms with Gasteiger partial charge in [0, 0.05) is 24.7 Å². The molecule has 0 fully saturated rings. The number of carbonyl (C=O) groups excluding carboxylic acids is 5. The summed E-state index contributed by atoms with van der Waals surface area (Å²) in [6.07, 6.45) is 0.175.